The zero-order valence-electron chi connectivity index (χ0n) is 17.3. The second kappa shape index (κ2) is 8.82. The minimum atomic E-state index is -0.118. The van der Waals surface area contributed by atoms with Gasteiger partial charge in [-0.05, 0) is 55.7 Å². The first-order chi connectivity index (χ1) is 14.6. The van der Waals surface area contributed by atoms with Crippen molar-refractivity contribution in [1.82, 2.24) is 19.7 Å². The largest absolute Gasteiger partial charge is 0.349 e. The molecule has 4 rings (SSSR count). The Bertz CT molecular complexity index is 1110. The highest BCUT2D eigenvalue weighted by molar-refractivity contribution is 5.94. The van der Waals surface area contributed by atoms with E-state index in [1.54, 1.807) is 4.68 Å². The highest BCUT2D eigenvalue weighted by Crippen LogP contribution is 2.22. The molecule has 1 atom stereocenters. The number of nitrogens with one attached hydrogen (secondary N) is 1. The van der Waals surface area contributed by atoms with Gasteiger partial charge in [0, 0.05) is 19.3 Å². The highest BCUT2D eigenvalue weighted by Gasteiger charge is 2.20. The molecule has 2 aromatic carbocycles. The van der Waals surface area contributed by atoms with E-state index >= 15 is 0 Å². The van der Waals surface area contributed by atoms with Crippen LogP contribution in [0.1, 0.15) is 29.4 Å². The van der Waals surface area contributed by atoms with Crippen molar-refractivity contribution in [3.8, 4) is 17.1 Å². The number of hydrogen-bond acceptors (Lipinski definition) is 2. The molecule has 0 aliphatic rings. The molecule has 0 fully saturated rings. The van der Waals surface area contributed by atoms with Gasteiger partial charge < -0.3 is 9.88 Å². The normalized spacial score (nSPS) is 11.9. The van der Waals surface area contributed by atoms with Crippen molar-refractivity contribution in [3.05, 3.63) is 96.3 Å². The molecular weight excluding hydrogens is 372 g/mol. The lowest BCUT2D eigenvalue weighted by Crippen LogP contribution is -2.34. The molecule has 0 bridgehead atoms. The van der Waals surface area contributed by atoms with Crippen LogP contribution in [0.5, 0.6) is 0 Å². The van der Waals surface area contributed by atoms with Gasteiger partial charge in [0.1, 0.15) is 11.4 Å². The van der Waals surface area contributed by atoms with Gasteiger partial charge in [-0.15, -0.1) is 0 Å². The number of hydrogen-bond donors (Lipinski definition) is 1. The maximum atomic E-state index is 13.1. The van der Waals surface area contributed by atoms with Gasteiger partial charge >= 0.3 is 0 Å². The van der Waals surface area contributed by atoms with Crippen molar-refractivity contribution < 1.29 is 4.79 Å². The van der Waals surface area contributed by atoms with Crippen LogP contribution in [-0.4, -0.2) is 26.3 Å². The van der Waals surface area contributed by atoms with Crippen molar-refractivity contribution in [2.24, 2.45) is 7.05 Å². The molecule has 152 valence electrons. The number of carbonyl (C=O) groups is 1. The molecule has 1 amide bonds. The van der Waals surface area contributed by atoms with Crippen LogP contribution in [-0.2, 0) is 13.5 Å². The predicted molar refractivity (Wildman–Crippen MR) is 120 cm³/mol. The smallest absolute Gasteiger partial charge is 0.270 e. The number of rotatable bonds is 7. The number of carbonyl (C=O) groups excluding carboxylic acids is 1. The summed E-state index contributed by atoms with van der Waals surface area (Å²) in [4.78, 5) is 13.1. The Labute approximate surface area is 177 Å². The molecule has 2 heterocycles. The molecule has 0 spiro atoms. The first kappa shape index (κ1) is 19.7. The molecule has 0 radical (unpaired) electrons. The van der Waals surface area contributed by atoms with Crippen molar-refractivity contribution >= 4 is 5.91 Å². The van der Waals surface area contributed by atoms with Crippen LogP contribution in [0.3, 0.4) is 0 Å². The molecule has 5 nitrogen and oxygen atoms in total. The maximum absolute atomic E-state index is 13.1. The average molecular weight is 399 g/mol. The number of benzene rings is 2. The minimum Gasteiger partial charge on any atom is -0.349 e. The van der Waals surface area contributed by atoms with E-state index in [1.165, 1.54) is 5.56 Å². The maximum Gasteiger partial charge on any atom is 0.270 e. The van der Waals surface area contributed by atoms with Gasteiger partial charge in [-0.1, -0.05) is 48.5 Å². The number of aryl methyl sites for hydroxylation is 2. The molecule has 1 unspecified atom stereocenters. The van der Waals surface area contributed by atoms with Crippen molar-refractivity contribution in [3.63, 3.8) is 0 Å². The third-order valence-corrected chi connectivity index (χ3v) is 5.24. The average Bonchev–Trinajstić information content (AvgIpc) is 3.40. The molecule has 30 heavy (non-hydrogen) atoms. The Hall–Kier alpha value is -3.60. The summed E-state index contributed by atoms with van der Waals surface area (Å²) in [5.41, 5.74) is 4.41. The van der Waals surface area contributed by atoms with E-state index in [0.29, 0.717) is 5.69 Å². The Morgan fingerprint density at radius 3 is 2.37 bits per heavy atom. The number of para-hydroxylation sites is 1. The molecule has 2 aromatic heterocycles. The van der Waals surface area contributed by atoms with Crippen molar-refractivity contribution in [1.29, 1.82) is 0 Å². The Kier molecular flexibility index (Phi) is 5.80. The summed E-state index contributed by atoms with van der Waals surface area (Å²) in [5, 5.41) is 7.88. The molecule has 0 saturated heterocycles. The van der Waals surface area contributed by atoms with Crippen LogP contribution < -0.4 is 5.32 Å². The van der Waals surface area contributed by atoms with Gasteiger partial charge in [-0.2, -0.15) is 5.10 Å². The fourth-order valence-electron chi connectivity index (χ4n) is 3.56. The first-order valence-corrected chi connectivity index (χ1v) is 10.2. The SMILES string of the molecule is CC(CCc1ccccc1)NC(=O)c1cc(-c2cccn2C)nn1-c1ccccc1. The second-order valence-electron chi connectivity index (χ2n) is 7.57. The monoisotopic (exact) mass is 398 g/mol. The van der Waals surface area contributed by atoms with Crippen LogP contribution in [0.15, 0.2) is 85.1 Å². The molecule has 4 aromatic rings. The van der Waals surface area contributed by atoms with Gasteiger partial charge in [0.25, 0.3) is 5.91 Å². The molecule has 1 N–H and O–H groups in total. The summed E-state index contributed by atoms with van der Waals surface area (Å²) in [7, 11) is 1.97. The Morgan fingerprint density at radius 1 is 1.00 bits per heavy atom. The fourth-order valence-corrected chi connectivity index (χ4v) is 3.56. The van der Waals surface area contributed by atoms with Gasteiger partial charge in [0.05, 0.1) is 11.4 Å². The Morgan fingerprint density at radius 2 is 1.70 bits per heavy atom. The van der Waals surface area contributed by atoms with Crippen molar-refractivity contribution in [2.45, 2.75) is 25.8 Å². The lowest BCUT2D eigenvalue weighted by Gasteiger charge is -2.14. The molecule has 0 aliphatic carbocycles. The van der Waals surface area contributed by atoms with Crippen LogP contribution in [0, 0.1) is 0 Å². The zero-order valence-corrected chi connectivity index (χ0v) is 17.3. The standard InChI is InChI=1S/C25H26N4O/c1-19(15-16-20-10-5-3-6-11-20)26-25(30)24-18-22(23-14-9-17-28(23)2)27-29(24)21-12-7-4-8-13-21/h3-14,17-19H,15-16H2,1-2H3,(H,26,30). The topological polar surface area (TPSA) is 51.9 Å². The number of nitrogens with zero attached hydrogens (tertiary/aromatic N) is 3. The van der Waals surface area contributed by atoms with E-state index in [2.05, 4.69) is 17.4 Å². The minimum absolute atomic E-state index is 0.0512. The van der Waals surface area contributed by atoms with Crippen LogP contribution in [0.25, 0.3) is 17.1 Å². The van der Waals surface area contributed by atoms with Crippen LogP contribution in [0.2, 0.25) is 0 Å². The predicted octanol–water partition coefficient (Wildman–Crippen LogP) is 4.63. The van der Waals surface area contributed by atoms with E-state index < -0.39 is 0 Å². The lowest BCUT2D eigenvalue weighted by atomic mass is 10.1. The highest BCUT2D eigenvalue weighted by atomic mass is 16.2. The summed E-state index contributed by atoms with van der Waals surface area (Å²) in [5.74, 6) is -0.118. The first-order valence-electron chi connectivity index (χ1n) is 10.2. The molecule has 5 heteroatoms. The van der Waals surface area contributed by atoms with Crippen LogP contribution >= 0.6 is 0 Å². The quantitative estimate of drug-likeness (QED) is 0.493. The summed E-state index contributed by atoms with van der Waals surface area (Å²) in [6, 6.07) is 26.0. The van der Waals surface area contributed by atoms with E-state index in [9.17, 15) is 4.79 Å². The van der Waals surface area contributed by atoms with Gasteiger partial charge in [-0.3, -0.25) is 4.79 Å². The van der Waals surface area contributed by atoms with Gasteiger partial charge in [0.15, 0.2) is 0 Å². The van der Waals surface area contributed by atoms with Crippen molar-refractivity contribution in [2.75, 3.05) is 0 Å². The summed E-state index contributed by atoms with van der Waals surface area (Å²) < 4.78 is 3.73. The third kappa shape index (κ3) is 4.35. The zero-order chi connectivity index (χ0) is 20.9. The van der Waals surface area contributed by atoms with E-state index in [4.69, 9.17) is 5.10 Å². The van der Waals surface area contributed by atoms with Gasteiger partial charge in [0.2, 0.25) is 0 Å². The van der Waals surface area contributed by atoms with E-state index in [-0.39, 0.29) is 11.9 Å². The van der Waals surface area contributed by atoms with E-state index in [1.807, 2.05) is 91.5 Å². The number of amides is 1. The lowest BCUT2D eigenvalue weighted by molar-refractivity contribution is 0.0930. The van der Waals surface area contributed by atoms with Crippen LogP contribution in [0.4, 0.5) is 0 Å². The summed E-state index contributed by atoms with van der Waals surface area (Å²) in [6.07, 6.45) is 3.77. The number of aromatic nitrogens is 3. The summed E-state index contributed by atoms with van der Waals surface area (Å²) in [6.45, 7) is 2.04. The Balaban J connectivity index is 1.56. The molecular formula is C25H26N4O. The second-order valence-corrected chi connectivity index (χ2v) is 7.57. The van der Waals surface area contributed by atoms with E-state index in [0.717, 1.165) is 29.9 Å². The molecule has 0 aliphatic heterocycles. The summed E-state index contributed by atoms with van der Waals surface area (Å²) >= 11 is 0. The fraction of sp³-hybridized carbons (Fsp3) is 0.200. The molecule has 0 saturated carbocycles. The third-order valence-electron chi connectivity index (χ3n) is 5.24. The van der Waals surface area contributed by atoms with Gasteiger partial charge in [-0.25, -0.2) is 4.68 Å².